The number of hydrogen-bond acceptors (Lipinski definition) is 3. The van der Waals surface area contributed by atoms with Crippen LogP contribution >= 0.6 is 0 Å². The van der Waals surface area contributed by atoms with Crippen LogP contribution in [-0.2, 0) is 14.3 Å². The lowest BCUT2D eigenvalue weighted by atomic mass is 9.76. The molecule has 0 aromatic rings. The van der Waals surface area contributed by atoms with Gasteiger partial charge in [0.25, 0.3) is 0 Å². The molecule has 1 unspecified atom stereocenters. The van der Waals surface area contributed by atoms with Gasteiger partial charge in [0, 0.05) is 0 Å². The van der Waals surface area contributed by atoms with E-state index in [9.17, 15) is 14.7 Å². The maximum absolute atomic E-state index is 12.2. The van der Waals surface area contributed by atoms with Crippen LogP contribution in [-0.4, -0.2) is 22.6 Å². The predicted octanol–water partition coefficient (Wildman–Crippen LogP) is 3.56. The number of carboxylic acid groups (broad SMARTS) is 1. The largest absolute Gasteiger partial charge is 0.481 e. The zero-order valence-electron chi connectivity index (χ0n) is 12.8. The predicted molar refractivity (Wildman–Crippen MR) is 77.3 cm³/mol. The number of carbonyl (C=O) groups excluding carboxylic acids is 1. The zero-order valence-corrected chi connectivity index (χ0v) is 12.8. The first-order valence-electron chi connectivity index (χ1n) is 7.27. The molecule has 4 heteroatoms. The van der Waals surface area contributed by atoms with E-state index >= 15 is 0 Å². The number of esters is 1. The lowest BCUT2D eigenvalue weighted by Gasteiger charge is -2.29. The normalized spacial score (nSPS) is 19.4. The van der Waals surface area contributed by atoms with Crippen LogP contribution in [0.1, 0.15) is 59.3 Å². The van der Waals surface area contributed by atoms with Crippen molar-refractivity contribution in [1.82, 2.24) is 0 Å². The fraction of sp³-hybridized carbons (Fsp3) is 0.750. The molecule has 0 bridgehead atoms. The summed E-state index contributed by atoms with van der Waals surface area (Å²) >= 11 is 0. The molecule has 0 aliphatic heterocycles. The second-order valence-corrected chi connectivity index (χ2v) is 6.75. The van der Waals surface area contributed by atoms with Crippen LogP contribution in [0.15, 0.2) is 12.7 Å². The van der Waals surface area contributed by atoms with Gasteiger partial charge in [-0.2, -0.15) is 0 Å². The SMILES string of the molecule is C=CCC(CC1(C(=O)O)CCCC1)C(=O)OC(C)(C)C. The van der Waals surface area contributed by atoms with Gasteiger partial charge in [0.1, 0.15) is 5.60 Å². The number of allylic oxidation sites excluding steroid dienone is 1. The molecule has 0 aromatic heterocycles. The summed E-state index contributed by atoms with van der Waals surface area (Å²) in [4.78, 5) is 23.8. The van der Waals surface area contributed by atoms with Crippen LogP contribution in [0, 0.1) is 11.3 Å². The average Bonchev–Trinajstić information content (AvgIpc) is 2.76. The highest BCUT2D eigenvalue weighted by Crippen LogP contribution is 2.44. The van der Waals surface area contributed by atoms with E-state index in [0.29, 0.717) is 25.7 Å². The van der Waals surface area contributed by atoms with E-state index in [1.54, 1.807) is 6.08 Å². The van der Waals surface area contributed by atoms with E-state index in [4.69, 9.17) is 4.74 Å². The quantitative estimate of drug-likeness (QED) is 0.597. The highest BCUT2D eigenvalue weighted by atomic mass is 16.6. The summed E-state index contributed by atoms with van der Waals surface area (Å²) in [5.41, 5.74) is -1.31. The standard InChI is InChI=1S/C16H26O4/c1-5-8-12(13(17)20-15(2,3)4)11-16(14(18)19)9-6-7-10-16/h5,12H,1,6-11H2,2-4H3,(H,18,19). The smallest absolute Gasteiger partial charge is 0.309 e. The third-order valence-electron chi connectivity index (χ3n) is 3.84. The maximum atomic E-state index is 12.2. The second-order valence-electron chi connectivity index (χ2n) is 6.75. The van der Waals surface area contributed by atoms with Crippen molar-refractivity contribution >= 4 is 11.9 Å². The van der Waals surface area contributed by atoms with E-state index in [2.05, 4.69) is 6.58 Å². The van der Waals surface area contributed by atoms with Crippen LogP contribution in [0.2, 0.25) is 0 Å². The van der Waals surface area contributed by atoms with Crippen molar-refractivity contribution in [3.05, 3.63) is 12.7 Å². The van der Waals surface area contributed by atoms with Crippen molar-refractivity contribution in [2.75, 3.05) is 0 Å². The Morgan fingerprint density at radius 3 is 2.30 bits per heavy atom. The molecule has 1 aliphatic rings. The second kappa shape index (κ2) is 6.42. The van der Waals surface area contributed by atoms with Crippen LogP contribution in [0.3, 0.4) is 0 Å². The van der Waals surface area contributed by atoms with Crippen molar-refractivity contribution in [3.8, 4) is 0 Å². The fourth-order valence-corrected chi connectivity index (χ4v) is 2.88. The molecule has 20 heavy (non-hydrogen) atoms. The molecule has 0 spiro atoms. The highest BCUT2D eigenvalue weighted by Gasteiger charge is 2.44. The number of hydrogen-bond donors (Lipinski definition) is 1. The molecule has 1 rings (SSSR count). The molecule has 0 radical (unpaired) electrons. The van der Waals surface area contributed by atoms with E-state index in [-0.39, 0.29) is 5.97 Å². The third-order valence-corrected chi connectivity index (χ3v) is 3.84. The summed E-state index contributed by atoms with van der Waals surface area (Å²) in [5.74, 6) is -1.52. The molecule has 0 amide bonds. The number of ether oxygens (including phenoxy) is 1. The molecule has 1 saturated carbocycles. The number of carbonyl (C=O) groups is 2. The van der Waals surface area contributed by atoms with Gasteiger partial charge in [-0.05, 0) is 46.5 Å². The van der Waals surface area contributed by atoms with Gasteiger partial charge in [-0.15, -0.1) is 6.58 Å². The molecule has 0 saturated heterocycles. The van der Waals surface area contributed by atoms with Gasteiger partial charge in [-0.1, -0.05) is 18.9 Å². The van der Waals surface area contributed by atoms with Gasteiger partial charge < -0.3 is 9.84 Å². The molecule has 0 heterocycles. The first kappa shape index (κ1) is 16.7. The number of carboxylic acids is 1. The van der Waals surface area contributed by atoms with Crippen molar-refractivity contribution < 1.29 is 19.4 Å². The van der Waals surface area contributed by atoms with Gasteiger partial charge in [-0.25, -0.2) is 0 Å². The first-order valence-corrected chi connectivity index (χ1v) is 7.27. The van der Waals surface area contributed by atoms with Crippen molar-refractivity contribution in [1.29, 1.82) is 0 Å². The van der Waals surface area contributed by atoms with Crippen molar-refractivity contribution in [2.45, 2.75) is 64.9 Å². The van der Waals surface area contributed by atoms with Crippen LogP contribution in [0.4, 0.5) is 0 Å². The van der Waals surface area contributed by atoms with E-state index < -0.39 is 22.9 Å². The maximum Gasteiger partial charge on any atom is 0.309 e. The summed E-state index contributed by atoms with van der Waals surface area (Å²) in [7, 11) is 0. The Labute approximate surface area is 121 Å². The van der Waals surface area contributed by atoms with Gasteiger partial charge >= 0.3 is 11.9 Å². The summed E-state index contributed by atoms with van der Waals surface area (Å²) in [5, 5.41) is 9.52. The molecule has 0 aromatic carbocycles. The van der Waals surface area contributed by atoms with Crippen molar-refractivity contribution in [2.24, 2.45) is 11.3 Å². The molecule has 114 valence electrons. The minimum absolute atomic E-state index is 0.315. The molecule has 1 N–H and O–H groups in total. The van der Waals surface area contributed by atoms with Gasteiger partial charge in [-0.3, -0.25) is 9.59 Å². The summed E-state index contributed by atoms with van der Waals surface area (Å²) < 4.78 is 5.41. The van der Waals surface area contributed by atoms with E-state index in [1.165, 1.54) is 0 Å². The average molecular weight is 282 g/mol. The molecular formula is C16H26O4. The monoisotopic (exact) mass is 282 g/mol. The molecular weight excluding hydrogens is 256 g/mol. The molecule has 1 aliphatic carbocycles. The van der Waals surface area contributed by atoms with Crippen molar-refractivity contribution in [3.63, 3.8) is 0 Å². The number of aliphatic carboxylic acids is 1. The first-order chi connectivity index (χ1) is 9.20. The minimum atomic E-state index is -0.785. The van der Waals surface area contributed by atoms with Crippen LogP contribution in [0.5, 0.6) is 0 Å². The fourth-order valence-electron chi connectivity index (χ4n) is 2.88. The Balaban J connectivity index is 2.83. The Morgan fingerprint density at radius 1 is 1.35 bits per heavy atom. The van der Waals surface area contributed by atoms with Gasteiger partial charge in [0.2, 0.25) is 0 Å². The summed E-state index contributed by atoms with van der Waals surface area (Å²) in [6.07, 6.45) is 5.62. The topological polar surface area (TPSA) is 63.6 Å². The Kier molecular flexibility index (Phi) is 5.37. The molecule has 4 nitrogen and oxygen atoms in total. The van der Waals surface area contributed by atoms with E-state index in [1.807, 2.05) is 20.8 Å². The van der Waals surface area contributed by atoms with Gasteiger partial charge in [0.05, 0.1) is 11.3 Å². The Hall–Kier alpha value is -1.32. The Morgan fingerprint density at radius 2 is 1.90 bits per heavy atom. The molecule has 1 atom stereocenters. The lowest BCUT2D eigenvalue weighted by molar-refractivity contribution is -0.163. The number of rotatable bonds is 6. The lowest BCUT2D eigenvalue weighted by Crippen LogP contribution is -2.35. The summed E-state index contributed by atoms with van der Waals surface area (Å²) in [6.45, 7) is 9.12. The van der Waals surface area contributed by atoms with Gasteiger partial charge in [0.15, 0.2) is 0 Å². The van der Waals surface area contributed by atoms with E-state index in [0.717, 1.165) is 12.8 Å². The summed E-state index contributed by atoms with van der Waals surface area (Å²) in [6, 6.07) is 0. The van der Waals surface area contributed by atoms with Crippen LogP contribution in [0.25, 0.3) is 0 Å². The zero-order chi connectivity index (χ0) is 15.4. The third kappa shape index (κ3) is 4.36. The molecule has 1 fully saturated rings. The van der Waals surface area contributed by atoms with Crippen LogP contribution < -0.4 is 0 Å². The highest BCUT2D eigenvalue weighted by molar-refractivity contribution is 5.78. The minimum Gasteiger partial charge on any atom is -0.481 e. The Bertz CT molecular complexity index is 372.